The van der Waals surface area contributed by atoms with Crippen LogP contribution in [0.1, 0.15) is 5.56 Å². The zero-order valence-electron chi connectivity index (χ0n) is 8.93. The summed E-state index contributed by atoms with van der Waals surface area (Å²) in [5.74, 6) is 0.135. The SMILES string of the molecule is C=C1C(N2CC(=O)NC2=O)=Nc2ccccc21. The van der Waals surface area contributed by atoms with Crippen LogP contribution in [-0.2, 0) is 4.79 Å². The lowest BCUT2D eigenvalue weighted by atomic mass is 10.1. The summed E-state index contributed by atoms with van der Waals surface area (Å²) in [7, 11) is 0. The molecule has 2 aliphatic heterocycles. The smallest absolute Gasteiger partial charge is 0.276 e. The second kappa shape index (κ2) is 3.28. The van der Waals surface area contributed by atoms with Gasteiger partial charge < -0.3 is 0 Å². The predicted octanol–water partition coefficient (Wildman–Crippen LogP) is 1.30. The Hall–Kier alpha value is -2.43. The summed E-state index contributed by atoms with van der Waals surface area (Å²) in [5, 5.41) is 2.22. The van der Waals surface area contributed by atoms with Crippen molar-refractivity contribution in [3.8, 4) is 0 Å². The van der Waals surface area contributed by atoms with Crippen LogP contribution < -0.4 is 5.32 Å². The van der Waals surface area contributed by atoms with Crippen molar-refractivity contribution in [3.05, 3.63) is 36.4 Å². The number of amidine groups is 1. The second-order valence-corrected chi connectivity index (χ2v) is 3.87. The van der Waals surface area contributed by atoms with Crippen LogP contribution >= 0.6 is 0 Å². The number of benzene rings is 1. The van der Waals surface area contributed by atoms with E-state index >= 15 is 0 Å². The molecule has 5 nitrogen and oxygen atoms in total. The summed E-state index contributed by atoms with van der Waals surface area (Å²) in [4.78, 5) is 28.3. The molecule has 0 saturated carbocycles. The largest absolute Gasteiger partial charge is 0.330 e. The average molecular weight is 227 g/mol. The average Bonchev–Trinajstić information content (AvgIpc) is 2.80. The molecule has 0 unspecified atom stereocenters. The zero-order valence-corrected chi connectivity index (χ0v) is 8.93. The number of nitrogens with one attached hydrogen (secondary N) is 1. The van der Waals surface area contributed by atoms with E-state index in [1.807, 2.05) is 24.3 Å². The number of carbonyl (C=O) groups excluding carboxylic acids is 2. The van der Waals surface area contributed by atoms with Crippen molar-refractivity contribution in [2.45, 2.75) is 0 Å². The highest BCUT2D eigenvalue weighted by molar-refractivity contribution is 6.32. The molecule has 0 radical (unpaired) electrons. The molecule has 0 aliphatic carbocycles. The molecule has 0 aromatic heterocycles. The normalized spacial score (nSPS) is 18.2. The Morgan fingerprint density at radius 1 is 1.29 bits per heavy atom. The maximum atomic E-state index is 11.5. The van der Waals surface area contributed by atoms with Gasteiger partial charge in [0.1, 0.15) is 12.4 Å². The number of hydrogen-bond donors (Lipinski definition) is 1. The van der Waals surface area contributed by atoms with Crippen molar-refractivity contribution in [3.63, 3.8) is 0 Å². The molecule has 3 rings (SSSR count). The van der Waals surface area contributed by atoms with E-state index in [2.05, 4.69) is 16.9 Å². The first-order chi connectivity index (χ1) is 8.16. The monoisotopic (exact) mass is 227 g/mol. The summed E-state index contributed by atoms with van der Waals surface area (Å²) < 4.78 is 0. The molecule has 0 atom stereocenters. The molecular weight excluding hydrogens is 218 g/mol. The Bertz CT molecular complexity index is 589. The van der Waals surface area contributed by atoms with Gasteiger partial charge in [0.25, 0.3) is 0 Å². The number of aliphatic imine (C=N–C) groups is 1. The molecule has 17 heavy (non-hydrogen) atoms. The fourth-order valence-electron chi connectivity index (χ4n) is 1.96. The number of para-hydroxylation sites is 1. The summed E-state index contributed by atoms with van der Waals surface area (Å²) in [6.45, 7) is 3.92. The number of nitrogens with zero attached hydrogens (tertiary/aromatic N) is 2. The van der Waals surface area contributed by atoms with Crippen LogP contribution in [0.15, 0.2) is 35.8 Å². The van der Waals surface area contributed by atoms with Crippen molar-refractivity contribution < 1.29 is 9.59 Å². The summed E-state index contributed by atoms with van der Waals surface area (Å²) in [6, 6.07) is 7.06. The highest BCUT2D eigenvalue weighted by Gasteiger charge is 2.34. The first-order valence-corrected chi connectivity index (χ1v) is 5.15. The maximum absolute atomic E-state index is 11.5. The molecule has 84 valence electrons. The Balaban J connectivity index is 2.01. The van der Waals surface area contributed by atoms with E-state index < -0.39 is 6.03 Å². The standard InChI is InChI=1S/C12H9N3O2/c1-7-8-4-2-3-5-9(8)13-11(7)15-6-10(16)14-12(15)17/h2-5H,1,6H2,(H,14,16,17). The lowest BCUT2D eigenvalue weighted by Gasteiger charge is -2.13. The van der Waals surface area contributed by atoms with E-state index in [9.17, 15) is 9.59 Å². The van der Waals surface area contributed by atoms with Crippen LogP contribution in [-0.4, -0.2) is 29.2 Å². The van der Waals surface area contributed by atoms with E-state index in [0.717, 1.165) is 11.3 Å². The lowest BCUT2D eigenvalue weighted by molar-refractivity contribution is -0.118. The maximum Gasteiger partial charge on any atom is 0.330 e. The third-order valence-corrected chi connectivity index (χ3v) is 2.77. The van der Waals surface area contributed by atoms with E-state index in [1.165, 1.54) is 4.90 Å². The molecule has 1 aromatic carbocycles. The first kappa shape index (κ1) is 9.77. The number of imide groups is 1. The number of hydrogen-bond acceptors (Lipinski definition) is 3. The first-order valence-electron chi connectivity index (χ1n) is 5.15. The minimum Gasteiger partial charge on any atom is -0.276 e. The fraction of sp³-hybridized carbons (Fsp3) is 0.0833. The minimum absolute atomic E-state index is 0.00464. The summed E-state index contributed by atoms with van der Waals surface area (Å²) >= 11 is 0. The van der Waals surface area contributed by atoms with Crippen LogP contribution in [0, 0.1) is 0 Å². The van der Waals surface area contributed by atoms with Gasteiger partial charge in [0.15, 0.2) is 0 Å². The van der Waals surface area contributed by atoms with Gasteiger partial charge in [-0.05, 0) is 6.07 Å². The number of amides is 3. The number of urea groups is 1. The van der Waals surface area contributed by atoms with E-state index in [-0.39, 0.29) is 12.5 Å². The van der Waals surface area contributed by atoms with Crippen molar-refractivity contribution in [1.82, 2.24) is 10.2 Å². The molecular formula is C12H9N3O2. The Morgan fingerprint density at radius 2 is 2.06 bits per heavy atom. The summed E-state index contributed by atoms with van der Waals surface area (Å²) in [6.07, 6.45) is 0. The van der Waals surface area contributed by atoms with E-state index in [4.69, 9.17) is 0 Å². The van der Waals surface area contributed by atoms with Crippen molar-refractivity contribution in [1.29, 1.82) is 0 Å². The Labute approximate surface area is 97.4 Å². The molecule has 5 heteroatoms. The van der Waals surface area contributed by atoms with Gasteiger partial charge >= 0.3 is 6.03 Å². The van der Waals surface area contributed by atoms with Crippen LogP contribution in [0.4, 0.5) is 10.5 Å². The molecule has 0 bridgehead atoms. The van der Waals surface area contributed by atoms with E-state index in [0.29, 0.717) is 11.4 Å². The topological polar surface area (TPSA) is 61.8 Å². The van der Waals surface area contributed by atoms with Gasteiger partial charge in [-0.15, -0.1) is 0 Å². The predicted molar refractivity (Wildman–Crippen MR) is 62.8 cm³/mol. The molecule has 2 aliphatic rings. The van der Waals surface area contributed by atoms with Crippen LogP contribution in [0.2, 0.25) is 0 Å². The molecule has 0 spiro atoms. The zero-order chi connectivity index (χ0) is 12.0. The minimum atomic E-state index is -0.442. The highest BCUT2D eigenvalue weighted by atomic mass is 16.2. The van der Waals surface area contributed by atoms with Crippen molar-refractivity contribution in [2.24, 2.45) is 4.99 Å². The van der Waals surface area contributed by atoms with Crippen molar-refractivity contribution >= 4 is 29.0 Å². The number of carbonyl (C=O) groups is 2. The molecule has 3 amide bonds. The van der Waals surface area contributed by atoms with Gasteiger partial charge in [0.05, 0.1) is 5.69 Å². The molecule has 1 fully saturated rings. The third kappa shape index (κ3) is 1.36. The lowest BCUT2D eigenvalue weighted by Crippen LogP contribution is -2.33. The second-order valence-electron chi connectivity index (χ2n) is 3.87. The molecule has 1 aromatic rings. The third-order valence-electron chi connectivity index (χ3n) is 2.77. The van der Waals surface area contributed by atoms with Gasteiger partial charge in [-0.25, -0.2) is 9.79 Å². The highest BCUT2D eigenvalue weighted by Crippen LogP contribution is 2.34. The van der Waals surface area contributed by atoms with Gasteiger partial charge in [0.2, 0.25) is 5.91 Å². The Morgan fingerprint density at radius 3 is 2.71 bits per heavy atom. The van der Waals surface area contributed by atoms with Gasteiger partial charge in [-0.2, -0.15) is 0 Å². The van der Waals surface area contributed by atoms with Gasteiger partial charge in [-0.3, -0.25) is 15.0 Å². The molecule has 1 saturated heterocycles. The molecule has 2 heterocycles. The van der Waals surface area contributed by atoms with Crippen LogP contribution in [0.25, 0.3) is 5.57 Å². The van der Waals surface area contributed by atoms with Crippen molar-refractivity contribution in [2.75, 3.05) is 6.54 Å². The van der Waals surface area contributed by atoms with E-state index in [1.54, 1.807) is 0 Å². The fourth-order valence-corrected chi connectivity index (χ4v) is 1.96. The number of fused-ring (bicyclic) bond motifs is 1. The number of rotatable bonds is 0. The van der Waals surface area contributed by atoms with Gasteiger partial charge in [0, 0.05) is 11.1 Å². The Kier molecular flexibility index (Phi) is 1.89. The van der Waals surface area contributed by atoms with Crippen LogP contribution in [0.3, 0.4) is 0 Å². The van der Waals surface area contributed by atoms with Gasteiger partial charge in [-0.1, -0.05) is 24.8 Å². The molecule has 1 N–H and O–H groups in total. The summed E-state index contributed by atoms with van der Waals surface area (Å²) in [5.41, 5.74) is 2.35. The van der Waals surface area contributed by atoms with Crippen LogP contribution in [0.5, 0.6) is 0 Å². The quantitative estimate of drug-likeness (QED) is 0.679.